The van der Waals surface area contributed by atoms with Gasteiger partial charge in [0.25, 0.3) is 0 Å². The van der Waals surface area contributed by atoms with Crippen molar-refractivity contribution in [3.8, 4) is 0 Å². The molecule has 1 rings (SSSR count). The Labute approximate surface area is 97.8 Å². The maximum absolute atomic E-state index is 5.58. The molecule has 0 aliphatic heterocycles. The van der Waals surface area contributed by atoms with E-state index in [1.54, 1.807) is 0 Å². The molecule has 0 spiro atoms. The van der Waals surface area contributed by atoms with Gasteiger partial charge in [-0.15, -0.1) is 0 Å². The lowest BCUT2D eigenvalue weighted by atomic mass is 10.3. The van der Waals surface area contributed by atoms with Crippen LogP contribution in [0.1, 0.15) is 13.8 Å². The third-order valence-electron chi connectivity index (χ3n) is 2.20. The van der Waals surface area contributed by atoms with Gasteiger partial charge in [-0.05, 0) is 26.0 Å². The topological polar surface area (TPSA) is 30.5 Å². The van der Waals surface area contributed by atoms with E-state index in [1.807, 2.05) is 37.3 Å². The summed E-state index contributed by atoms with van der Waals surface area (Å²) in [5.74, 6) is 0. The predicted octanol–water partition coefficient (Wildman–Crippen LogP) is 2.54. The average Bonchev–Trinajstić information content (AvgIpc) is 2.33. The molecule has 1 atom stereocenters. The number of ether oxygens (including phenoxy) is 2. The van der Waals surface area contributed by atoms with E-state index in [4.69, 9.17) is 9.47 Å². The quantitative estimate of drug-likeness (QED) is 0.687. The van der Waals surface area contributed by atoms with Crippen molar-refractivity contribution in [2.24, 2.45) is 0 Å². The van der Waals surface area contributed by atoms with Crippen LogP contribution in [0.3, 0.4) is 0 Å². The van der Waals surface area contributed by atoms with E-state index < -0.39 is 0 Å². The van der Waals surface area contributed by atoms with Crippen LogP contribution in [0.2, 0.25) is 0 Å². The molecule has 0 heterocycles. The third kappa shape index (κ3) is 5.73. The molecule has 0 bridgehead atoms. The van der Waals surface area contributed by atoms with Gasteiger partial charge in [0.05, 0.1) is 19.3 Å². The Morgan fingerprint density at radius 3 is 2.62 bits per heavy atom. The number of anilines is 1. The molecule has 0 aliphatic rings. The summed E-state index contributed by atoms with van der Waals surface area (Å²) in [6.07, 6.45) is 0.195. The summed E-state index contributed by atoms with van der Waals surface area (Å²) in [6, 6.07) is 10.1. The Morgan fingerprint density at radius 2 is 1.94 bits per heavy atom. The molecule has 0 aliphatic carbocycles. The Kier molecular flexibility index (Phi) is 6.61. The van der Waals surface area contributed by atoms with Gasteiger partial charge in [-0.1, -0.05) is 18.2 Å². The zero-order valence-corrected chi connectivity index (χ0v) is 10.1. The fourth-order valence-electron chi connectivity index (χ4n) is 1.33. The van der Waals surface area contributed by atoms with E-state index >= 15 is 0 Å². The first kappa shape index (κ1) is 13.0. The summed E-state index contributed by atoms with van der Waals surface area (Å²) in [7, 11) is 0. The first-order valence-corrected chi connectivity index (χ1v) is 5.81. The molecule has 0 aromatic heterocycles. The van der Waals surface area contributed by atoms with E-state index in [-0.39, 0.29) is 6.10 Å². The van der Waals surface area contributed by atoms with E-state index in [0.29, 0.717) is 13.2 Å². The lowest BCUT2D eigenvalue weighted by molar-refractivity contribution is 0.0208. The van der Waals surface area contributed by atoms with Crippen LogP contribution in [0.5, 0.6) is 0 Å². The van der Waals surface area contributed by atoms with Crippen molar-refractivity contribution < 1.29 is 9.47 Å². The van der Waals surface area contributed by atoms with Crippen LogP contribution >= 0.6 is 0 Å². The number of hydrogen-bond acceptors (Lipinski definition) is 3. The van der Waals surface area contributed by atoms with E-state index in [2.05, 4.69) is 12.2 Å². The van der Waals surface area contributed by atoms with Crippen molar-refractivity contribution in [1.29, 1.82) is 0 Å². The van der Waals surface area contributed by atoms with Gasteiger partial charge in [0, 0.05) is 18.8 Å². The smallest absolute Gasteiger partial charge is 0.0720 e. The van der Waals surface area contributed by atoms with Crippen LogP contribution in [0, 0.1) is 0 Å². The molecule has 0 amide bonds. The Balaban J connectivity index is 2.08. The molecule has 0 radical (unpaired) electrons. The highest BCUT2D eigenvalue weighted by Crippen LogP contribution is 2.05. The van der Waals surface area contributed by atoms with Gasteiger partial charge in [0.1, 0.15) is 0 Å². The molecular formula is C13H21NO2. The van der Waals surface area contributed by atoms with Crippen LogP contribution in [-0.2, 0) is 9.47 Å². The summed E-state index contributed by atoms with van der Waals surface area (Å²) in [4.78, 5) is 0. The third-order valence-corrected chi connectivity index (χ3v) is 2.20. The van der Waals surface area contributed by atoms with Gasteiger partial charge in [-0.3, -0.25) is 0 Å². The normalized spacial score (nSPS) is 12.4. The van der Waals surface area contributed by atoms with E-state index in [0.717, 1.165) is 18.8 Å². The molecule has 1 aromatic carbocycles. The maximum Gasteiger partial charge on any atom is 0.0720 e. The van der Waals surface area contributed by atoms with Crippen molar-refractivity contribution in [2.75, 3.05) is 31.7 Å². The molecule has 3 heteroatoms. The lowest BCUT2D eigenvalue weighted by Crippen LogP contribution is -2.21. The predicted molar refractivity (Wildman–Crippen MR) is 66.8 cm³/mol. The summed E-state index contributed by atoms with van der Waals surface area (Å²) in [5.41, 5.74) is 1.13. The highest BCUT2D eigenvalue weighted by Gasteiger charge is 2.01. The zero-order valence-electron chi connectivity index (χ0n) is 10.1. The van der Waals surface area contributed by atoms with Crippen LogP contribution < -0.4 is 5.32 Å². The number of benzene rings is 1. The van der Waals surface area contributed by atoms with Crippen molar-refractivity contribution in [2.45, 2.75) is 20.0 Å². The van der Waals surface area contributed by atoms with Gasteiger partial charge in [-0.25, -0.2) is 0 Å². The van der Waals surface area contributed by atoms with Crippen molar-refractivity contribution >= 4 is 5.69 Å². The Hall–Kier alpha value is -1.06. The molecule has 0 saturated heterocycles. The van der Waals surface area contributed by atoms with Gasteiger partial charge >= 0.3 is 0 Å². The molecule has 0 fully saturated rings. The van der Waals surface area contributed by atoms with Crippen LogP contribution in [0.4, 0.5) is 5.69 Å². The maximum atomic E-state index is 5.58. The number of hydrogen-bond donors (Lipinski definition) is 1. The molecule has 3 nitrogen and oxygen atoms in total. The minimum Gasteiger partial charge on any atom is -0.382 e. The zero-order chi connectivity index (χ0) is 11.6. The molecular weight excluding hydrogens is 202 g/mol. The second-order valence-corrected chi connectivity index (χ2v) is 3.63. The van der Waals surface area contributed by atoms with Gasteiger partial charge < -0.3 is 14.8 Å². The fourth-order valence-corrected chi connectivity index (χ4v) is 1.33. The molecule has 1 unspecified atom stereocenters. The van der Waals surface area contributed by atoms with E-state index in [1.165, 1.54) is 0 Å². The van der Waals surface area contributed by atoms with Crippen molar-refractivity contribution in [3.63, 3.8) is 0 Å². The van der Waals surface area contributed by atoms with Gasteiger partial charge in [0.15, 0.2) is 0 Å². The molecule has 0 saturated carbocycles. The fraction of sp³-hybridized carbons (Fsp3) is 0.538. The van der Waals surface area contributed by atoms with Crippen molar-refractivity contribution in [1.82, 2.24) is 0 Å². The molecule has 16 heavy (non-hydrogen) atoms. The summed E-state index contributed by atoms with van der Waals surface area (Å²) < 4.78 is 10.8. The first-order chi connectivity index (χ1) is 7.83. The standard InChI is InChI=1S/C13H21NO2/c1-3-15-9-10-16-12(2)11-14-13-7-5-4-6-8-13/h4-8,12,14H,3,9-11H2,1-2H3. The Morgan fingerprint density at radius 1 is 1.19 bits per heavy atom. The monoisotopic (exact) mass is 223 g/mol. The SMILES string of the molecule is CCOCCOC(C)CNc1ccccc1. The first-order valence-electron chi connectivity index (χ1n) is 5.81. The summed E-state index contributed by atoms with van der Waals surface area (Å²) in [5, 5.41) is 3.32. The number of rotatable bonds is 8. The van der Waals surface area contributed by atoms with Gasteiger partial charge in [0.2, 0.25) is 0 Å². The molecule has 90 valence electrons. The van der Waals surface area contributed by atoms with Crippen molar-refractivity contribution in [3.05, 3.63) is 30.3 Å². The lowest BCUT2D eigenvalue weighted by Gasteiger charge is -2.14. The highest BCUT2D eigenvalue weighted by atomic mass is 16.5. The minimum absolute atomic E-state index is 0.195. The van der Waals surface area contributed by atoms with Gasteiger partial charge in [-0.2, -0.15) is 0 Å². The minimum atomic E-state index is 0.195. The largest absolute Gasteiger partial charge is 0.382 e. The number of nitrogens with one attached hydrogen (secondary N) is 1. The Bertz CT molecular complexity index is 264. The molecule has 1 aromatic rings. The number of para-hydroxylation sites is 1. The second-order valence-electron chi connectivity index (χ2n) is 3.63. The summed E-state index contributed by atoms with van der Waals surface area (Å²) in [6.45, 7) is 6.94. The summed E-state index contributed by atoms with van der Waals surface area (Å²) >= 11 is 0. The van der Waals surface area contributed by atoms with Crippen LogP contribution in [-0.4, -0.2) is 32.5 Å². The molecule has 1 N–H and O–H groups in total. The second kappa shape index (κ2) is 8.13. The average molecular weight is 223 g/mol. The van der Waals surface area contributed by atoms with Crippen LogP contribution in [0.15, 0.2) is 30.3 Å². The van der Waals surface area contributed by atoms with Crippen LogP contribution in [0.25, 0.3) is 0 Å². The highest BCUT2D eigenvalue weighted by molar-refractivity contribution is 5.42. The van der Waals surface area contributed by atoms with E-state index in [9.17, 15) is 0 Å².